The summed E-state index contributed by atoms with van der Waals surface area (Å²) in [5.41, 5.74) is 1.89. The van der Waals surface area contributed by atoms with Gasteiger partial charge in [-0.05, 0) is 42.5 Å². The van der Waals surface area contributed by atoms with Crippen LogP contribution >= 0.6 is 22.9 Å². The van der Waals surface area contributed by atoms with E-state index < -0.39 is 0 Å². The minimum Gasteiger partial charge on any atom is -0.493 e. The number of pyridine rings is 1. The number of fused-ring (bicyclic) bond motifs is 1. The predicted octanol–water partition coefficient (Wildman–Crippen LogP) is 5.21. The Labute approximate surface area is 182 Å². The Bertz CT molecular complexity index is 1200. The average Bonchev–Trinajstić information content (AvgIpc) is 3.19. The van der Waals surface area contributed by atoms with Gasteiger partial charge in [-0.2, -0.15) is 0 Å². The molecule has 0 atom stereocenters. The number of aromatic nitrogens is 2. The molecule has 0 saturated carbocycles. The van der Waals surface area contributed by atoms with Crippen molar-refractivity contribution in [2.75, 3.05) is 19.1 Å². The van der Waals surface area contributed by atoms with Crippen LogP contribution in [0.5, 0.6) is 11.5 Å². The Hall–Kier alpha value is -3.16. The number of hydrogen-bond donors (Lipinski definition) is 0. The smallest absolute Gasteiger partial charge is 0.264 e. The third-order valence-corrected chi connectivity index (χ3v) is 5.77. The number of ether oxygens (including phenoxy) is 2. The Morgan fingerprint density at radius 2 is 1.97 bits per heavy atom. The molecule has 2 aromatic heterocycles. The second-order valence-electron chi connectivity index (χ2n) is 6.36. The van der Waals surface area contributed by atoms with Crippen LogP contribution in [0.1, 0.15) is 16.1 Å². The molecule has 4 rings (SSSR count). The first-order chi connectivity index (χ1) is 14.6. The van der Waals surface area contributed by atoms with E-state index >= 15 is 0 Å². The van der Waals surface area contributed by atoms with Crippen LogP contribution in [-0.4, -0.2) is 30.1 Å². The number of hydrogen-bond acceptors (Lipinski definition) is 6. The van der Waals surface area contributed by atoms with E-state index in [1.54, 1.807) is 35.4 Å². The summed E-state index contributed by atoms with van der Waals surface area (Å²) in [6.45, 7) is 0.258. The lowest BCUT2D eigenvalue weighted by molar-refractivity contribution is 0.0981. The van der Waals surface area contributed by atoms with Crippen LogP contribution in [0.25, 0.3) is 10.2 Å². The molecule has 0 bridgehead atoms. The number of nitrogens with zero attached hydrogens (tertiary/aromatic N) is 3. The summed E-state index contributed by atoms with van der Waals surface area (Å²) >= 11 is 7.52. The van der Waals surface area contributed by atoms with Gasteiger partial charge in [0.05, 0.1) is 42.2 Å². The number of carbonyl (C=O) groups excluding carboxylic acids is 1. The van der Waals surface area contributed by atoms with Gasteiger partial charge in [-0.25, -0.2) is 4.98 Å². The molecule has 0 aliphatic heterocycles. The second kappa shape index (κ2) is 8.69. The van der Waals surface area contributed by atoms with Crippen molar-refractivity contribution in [2.24, 2.45) is 0 Å². The fraction of sp³-hybridized carbons (Fsp3) is 0.136. The third kappa shape index (κ3) is 3.94. The molecular formula is C22H18ClN3O3S. The van der Waals surface area contributed by atoms with Crippen LogP contribution in [0.2, 0.25) is 5.02 Å². The van der Waals surface area contributed by atoms with Crippen LogP contribution in [0.15, 0.2) is 60.8 Å². The van der Waals surface area contributed by atoms with E-state index in [1.165, 1.54) is 25.6 Å². The minimum absolute atomic E-state index is 0.258. The number of amides is 1. The van der Waals surface area contributed by atoms with E-state index in [1.807, 2.05) is 30.3 Å². The zero-order valence-electron chi connectivity index (χ0n) is 16.3. The van der Waals surface area contributed by atoms with Gasteiger partial charge in [0.15, 0.2) is 16.6 Å². The van der Waals surface area contributed by atoms with E-state index in [-0.39, 0.29) is 12.5 Å². The number of methoxy groups -OCH3 is 2. The highest BCUT2D eigenvalue weighted by Crippen LogP contribution is 2.36. The molecule has 8 heteroatoms. The fourth-order valence-electron chi connectivity index (χ4n) is 3.08. The van der Waals surface area contributed by atoms with Gasteiger partial charge in [0, 0.05) is 11.2 Å². The molecule has 152 valence electrons. The summed E-state index contributed by atoms with van der Waals surface area (Å²) in [5.74, 6) is 0.596. The zero-order chi connectivity index (χ0) is 21.1. The highest BCUT2D eigenvalue weighted by Gasteiger charge is 2.26. The van der Waals surface area contributed by atoms with Gasteiger partial charge in [-0.3, -0.25) is 14.7 Å². The maximum Gasteiger partial charge on any atom is 0.264 e. The van der Waals surface area contributed by atoms with Crippen LogP contribution in [-0.2, 0) is 6.54 Å². The Balaban J connectivity index is 1.81. The van der Waals surface area contributed by atoms with Gasteiger partial charge >= 0.3 is 0 Å². The number of anilines is 1. The lowest BCUT2D eigenvalue weighted by Crippen LogP contribution is -2.31. The molecule has 0 aliphatic carbocycles. The zero-order valence-corrected chi connectivity index (χ0v) is 17.9. The first-order valence-corrected chi connectivity index (χ1v) is 10.3. The lowest BCUT2D eigenvalue weighted by atomic mass is 10.1. The number of carbonyl (C=O) groups is 1. The molecule has 0 unspecified atom stereocenters. The number of thiazole rings is 1. The van der Waals surface area contributed by atoms with E-state index in [0.29, 0.717) is 27.2 Å². The number of benzene rings is 2. The summed E-state index contributed by atoms with van der Waals surface area (Å²) in [7, 11) is 3.05. The highest BCUT2D eigenvalue weighted by molar-refractivity contribution is 7.22. The normalized spacial score (nSPS) is 10.8. The van der Waals surface area contributed by atoms with Crippen molar-refractivity contribution in [3.63, 3.8) is 0 Å². The van der Waals surface area contributed by atoms with E-state index in [2.05, 4.69) is 9.97 Å². The maximum atomic E-state index is 13.6. The minimum atomic E-state index is -0.262. The molecule has 4 aromatic rings. The van der Waals surface area contributed by atoms with Crippen molar-refractivity contribution >= 4 is 44.2 Å². The van der Waals surface area contributed by atoms with Crippen LogP contribution in [0.4, 0.5) is 5.13 Å². The summed E-state index contributed by atoms with van der Waals surface area (Å²) in [6.07, 6.45) is 1.70. The van der Waals surface area contributed by atoms with Gasteiger partial charge in [-0.1, -0.05) is 35.1 Å². The topological polar surface area (TPSA) is 64.5 Å². The summed E-state index contributed by atoms with van der Waals surface area (Å²) in [4.78, 5) is 24.3. The molecule has 2 aromatic carbocycles. The van der Waals surface area contributed by atoms with Crippen molar-refractivity contribution in [3.8, 4) is 11.5 Å². The largest absolute Gasteiger partial charge is 0.493 e. The number of para-hydroxylation sites is 1. The molecule has 1 amide bonds. The van der Waals surface area contributed by atoms with Crippen molar-refractivity contribution in [2.45, 2.75) is 6.54 Å². The summed E-state index contributed by atoms with van der Waals surface area (Å²) in [5, 5.41) is 1.17. The summed E-state index contributed by atoms with van der Waals surface area (Å²) < 4.78 is 11.7. The van der Waals surface area contributed by atoms with Crippen molar-refractivity contribution < 1.29 is 14.3 Å². The van der Waals surface area contributed by atoms with E-state index in [9.17, 15) is 4.79 Å². The average molecular weight is 440 g/mol. The molecular weight excluding hydrogens is 422 g/mol. The molecule has 0 fully saturated rings. The van der Waals surface area contributed by atoms with Crippen molar-refractivity contribution in [3.05, 3.63) is 77.1 Å². The molecule has 0 N–H and O–H groups in total. The maximum absolute atomic E-state index is 13.6. The fourth-order valence-corrected chi connectivity index (χ4v) is 4.32. The highest BCUT2D eigenvalue weighted by atomic mass is 35.5. The first kappa shape index (κ1) is 20.1. The van der Waals surface area contributed by atoms with Gasteiger partial charge < -0.3 is 9.47 Å². The number of rotatable bonds is 6. The van der Waals surface area contributed by atoms with Crippen LogP contribution in [0, 0.1) is 0 Å². The third-order valence-electron chi connectivity index (χ3n) is 4.49. The molecule has 30 heavy (non-hydrogen) atoms. The van der Waals surface area contributed by atoms with Crippen LogP contribution < -0.4 is 14.4 Å². The Morgan fingerprint density at radius 1 is 1.10 bits per heavy atom. The predicted molar refractivity (Wildman–Crippen MR) is 119 cm³/mol. The van der Waals surface area contributed by atoms with Crippen LogP contribution in [0.3, 0.4) is 0 Å². The molecule has 2 heterocycles. The van der Waals surface area contributed by atoms with Gasteiger partial charge in [0.1, 0.15) is 0 Å². The van der Waals surface area contributed by atoms with Gasteiger partial charge in [0.2, 0.25) is 0 Å². The number of halogens is 1. The monoisotopic (exact) mass is 439 g/mol. The van der Waals surface area contributed by atoms with Gasteiger partial charge in [-0.15, -0.1) is 0 Å². The van der Waals surface area contributed by atoms with E-state index in [0.717, 1.165) is 15.9 Å². The Kier molecular flexibility index (Phi) is 5.83. The standard InChI is InChI=1S/C22H18ClN3O3S/c1-28-18-8-5-7-16(20(18)29-2)21(27)26(13-15-6-3-4-11-24-15)22-25-17-10-9-14(23)12-19(17)30-22/h3-12H,13H2,1-2H3. The summed E-state index contributed by atoms with van der Waals surface area (Å²) in [6, 6.07) is 16.3. The lowest BCUT2D eigenvalue weighted by Gasteiger charge is -2.21. The van der Waals surface area contributed by atoms with Crippen molar-refractivity contribution in [1.82, 2.24) is 9.97 Å². The quantitative estimate of drug-likeness (QED) is 0.412. The molecule has 0 radical (unpaired) electrons. The molecule has 0 aliphatic rings. The Morgan fingerprint density at radius 3 is 2.70 bits per heavy atom. The second-order valence-corrected chi connectivity index (χ2v) is 7.81. The SMILES string of the molecule is COc1cccc(C(=O)N(Cc2ccccn2)c2nc3ccc(Cl)cc3s2)c1OC. The molecule has 0 spiro atoms. The van der Waals surface area contributed by atoms with E-state index in [4.69, 9.17) is 21.1 Å². The first-order valence-electron chi connectivity index (χ1n) is 9.09. The molecule has 0 saturated heterocycles. The molecule has 6 nitrogen and oxygen atoms in total. The van der Waals surface area contributed by atoms with Gasteiger partial charge in [0.25, 0.3) is 5.91 Å². The van der Waals surface area contributed by atoms with Crippen molar-refractivity contribution in [1.29, 1.82) is 0 Å².